The zero-order valence-corrected chi connectivity index (χ0v) is 14.4. The number of nitrogens with zero attached hydrogens (tertiary/aromatic N) is 7. The second-order valence-electron chi connectivity index (χ2n) is 5.85. The molecule has 0 bridgehead atoms. The molecule has 0 spiro atoms. The number of nitrogen functional groups attached to an aromatic ring is 1. The van der Waals surface area contributed by atoms with Gasteiger partial charge in [0.15, 0.2) is 0 Å². The van der Waals surface area contributed by atoms with Gasteiger partial charge in [0.2, 0.25) is 17.1 Å². The van der Waals surface area contributed by atoms with E-state index in [0.29, 0.717) is 23.6 Å². The summed E-state index contributed by atoms with van der Waals surface area (Å²) >= 11 is 1.49. The topological polar surface area (TPSA) is 120 Å². The number of anilines is 3. The zero-order chi connectivity index (χ0) is 17.2. The lowest BCUT2D eigenvalue weighted by molar-refractivity contribution is 0.565. The number of aromatic nitrogens is 7. The fraction of sp³-hybridized carbons (Fsp3) is 0.333. The molecule has 0 atom stereocenters. The summed E-state index contributed by atoms with van der Waals surface area (Å²) < 4.78 is 1.86. The summed E-state index contributed by atoms with van der Waals surface area (Å²) in [7, 11) is 0. The Bertz CT molecular complexity index is 873. The van der Waals surface area contributed by atoms with Gasteiger partial charge in [-0.25, -0.2) is 4.68 Å². The largest absolute Gasteiger partial charge is 0.368 e. The van der Waals surface area contributed by atoms with Gasteiger partial charge >= 0.3 is 0 Å². The molecule has 10 heteroatoms. The maximum Gasteiger partial charge on any atom is 0.232 e. The molecule has 25 heavy (non-hydrogen) atoms. The average Bonchev–Trinajstić information content (AvgIpc) is 3.33. The van der Waals surface area contributed by atoms with Crippen LogP contribution in [0.5, 0.6) is 0 Å². The number of tetrazole rings is 1. The number of thioether (sulfide) groups is 1. The zero-order valence-electron chi connectivity index (χ0n) is 13.6. The summed E-state index contributed by atoms with van der Waals surface area (Å²) in [4.78, 5) is 12.8. The molecule has 1 fully saturated rings. The van der Waals surface area contributed by atoms with Gasteiger partial charge in [-0.3, -0.25) is 0 Å². The molecule has 0 amide bonds. The fourth-order valence-electron chi connectivity index (χ4n) is 2.28. The van der Waals surface area contributed by atoms with Crippen molar-refractivity contribution in [3.05, 3.63) is 35.7 Å². The number of hydrogen-bond acceptors (Lipinski definition) is 9. The first-order valence-corrected chi connectivity index (χ1v) is 8.91. The van der Waals surface area contributed by atoms with Gasteiger partial charge in [0.1, 0.15) is 5.82 Å². The van der Waals surface area contributed by atoms with Crippen LogP contribution in [-0.4, -0.2) is 35.2 Å². The second-order valence-corrected chi connectivity index (χ2v) is 6.79. The molecule has 3 aromatic rings. The van der Waals surface area contributed by atoms with Crippen LogP contribution in [-0.2, 0) is 5.75 Å². The first-order chi connectivity index (χ1) is 12.2. The quantitative estimate of drug-likeness (QED) is 0.640. The van der Waals surface area contributed by atoms with E-state index in [1.54, 1.807) is 0 Å². The minimum absolute atomic E-state index is 0.182. The summed E-state index contributed by atoms with van der Waals surface area (Å²) in [5, 5.41) is 15.8. The monoisotopic (exact) mass is 355 g/mol. The fourth-order valence-corrected chi connectivity index (χ4v) is 3.08. The molecule has 1 aliphatic carbocycles. The summed E-state index contributed by atoms with van der Waals surface area (Å²) in [6.07, 6.45) is 2.25. The molecule has 0 aliphatic heterocycles. The van der Waals surface area contributed by atoms with Crippen LogP contribution in [0.1, 0.15) is 30.3 Å². The number of benzene rings is 1. The van der Waals surface area contributed by atoms with Crippen molar-refractivity contribution in [2.45, 2.75) is 36.7 Å². The van der Waals surface area contributed by atoms with Crippen molar-refractivity contribution in [1.82, 2.24) is 35.2 Å². The SMILES string of the molecule is Cc1ccc(Nc2nc(N)nc(CSc3nnnn3C3CC3)n2)cc1. The third-order valence-electron chi connectivity index (χ3n) is 3.69. The number of rotatable bonds is 6. The molecule has 3 N–H and O–H groups in total. The normalized spacial score (nSPS) is 13.8. The van der Waals surface area contributed by atoms with Gasteiger partial charge < -0.3 is 11.1 Å². The van der Waals surface area contributed by atoms with Crippen molar-refractivity contribution in [3.8, 4) is 0 Å². The molecule has 0 unspecified atom stereocenters. The second kappa shape index (κ2) is 6.63. The lowest BCUT2D eigenvalue weighted by Gasteiger charge is -2.07. The molecule has 1 aromatic carbocycles. The van der Waals surface area contributed by atoms with E-state index in [4.69, 9.17) is 5.73 Å². The van der Waals surface area contributed by atoms with E-state index >= 15 is 0 Å². The molecule has 2 heterocycles. The smallest absolute Gasteiger partial charge is 0.232 e. The molecular formula is C15H17N9S. The lowest BCUT2D eigenvalue weighted by atomic mass is 10.2. The number of hydrogen-bond donors (Lipinski definition) is 2. The Morgan fingerprint density at radius 3 is 2.76 bits per heavy atom. The predicted octanol–water partition coefficient (Wildman–Crippen LogP) is 2.12. The first kappa shape index (κ1) is 15.8. The summed E-state index contributed by atoms with van der Waals surface area (Å²) in [5.41, 5.74) is 7.90. The lowest BCUT2D eigenvalue weighted by Crippen LogP contribution is -2.07. The highest BCUT2D eigenvalue weighted by Crippen LogP contribution is 2.36. The van der Waals surface area contributed by atoms with E-state index < -0.39 is 0 Å². The van der Waals surface area contributed by atoms with Gasteiger partial charge in [0, 0.05) is 5.69 Å². The Morgan fingerprint density at radius 2 is 2.00 bits per heavy atom. The molecule has 1 saturated carbocycles. The van der Waals surface area contributed by atoms with Crippen LogP contribution in [0, 0.1) is 6.92 Å². The molecule has 9 nitrogen and oxygen atoms in total. The Hall–Kier alpha value is -2.75. The number of nitrogens with two attached hydrogens (primary N) is 1. The van der Waals surface area contributed by atoms with Crippen LogP contribution in [0.2, 0.25) is 0 Å². The highest BCUT2D eigenvalue weighted by atomic mass is 32.2. The van der Waals surface area contributed by atoms with E-state index in [1.165, 1.54) is 17.3 Å². The van der Waals surface area contributed by atoms with Gasteiger partial charge in [-0.1, -0.05) is 29.5 Å². The van der Waals surface area contributed by atoms with Crippen LogP contribution < -0.4 is 11.1 Å². The minimum atomic E-state index is 0.182. The van der Waals surface area contributed by atoms with Crippen LogP contribution >= 0.6 is 11.8 Å². The minimum Gasteiger partial charge on any atom is -0.368 e. The molecule has 4 rings (SSSR count). The van der Waals surface area contributed by atoms with Crippen molar-refractivity contribution >= 4 is 29.3 Å². The highest BCUT2D eigenvalue weighted by molar-refractivity contribution is 7.98. The molecule has 128 valence electrons. The Kier molecular flexibility index (Phi) is 4.18. The number of aryl methyl sites for hydroxylation is 1. The summed E-state index contributed by atoms with van der Waals surface area (Å²) in [6, 6.07) is 8.39. The van der Waals surface area contributed by atoms with Crippen molar-refractivity contribution < 1.29 is 0 Å². The van der Waals surface area contributed by atoms with Gasteiger partial charge in [-0.15, -0.1) is 5.10 Å². The van der Waals surface area contributed by atoms with Crippen molar-refractivity contribution in [3.63, 3.8) is 0 Å². The van der Waals surface area contributed by atoms with E-state index in [9.17, 15) is 0 Å². The van der Waals surface area contributed by atoms with E-state index in [1.807, 2.05) is 35.9 Å². The van der Waals surface area contributed by atoms with Crippen LogP contribution in [0.4, 0.5) is 17.6 Å². The Labute approximate surface area is 148 Å². The molecule has 0 saturated heterocycles. The van der Waals surface area contributed by atoms with Gasteiger partial charge in [-0.05, 0) is 42.3 Å². The van der Waals surface area contributed by atoms with Crippen molar-refractivity contribution in [2.24, 2.45) is 0 Å². The maximum atomic E-state index is 5.82. The van der Waals surface area contributed by atoms with Crippen LogP contribution in [0.3, 0.4) is 0 Å². The Morgan fingerprint density at radius 1 is 1.20 bits per heavy atom. The summed E-state index contributed by atoms with van der Waals surface area (Å²) in [6.45, 7) is 2.04. The molecule has 2 aromatic heterocycles. The molecule has 1 aliphatic rings. The average molecular weight is 355 g/mol. The van der Waals surface area contributed by atoms with E-state index in [2.05, 4.69) is 35.8 Å². The van der Waals surface area contributed by atoms with Crippen LogP contribution in [0.15, 0.2) is 29.4 Å². The number of nitrogens with one attached hydrogen (secondary N) is 1. The molecular weight excluding hydrogens is 338 g/mol. The van der Waals surface area contributed by atoms with Gasteiger partial charge in [-0.2, -0.15) is 15.0 Å². The third kappa shape index (κ3) is 3.85. The van der Waals surface area contributed by atoms with Crippen molar-refractivity contribution in [1.29, 1.82) is 0 Å². The third-order valence-corrected chi connectivity index (χ3v) is 4.62. The first-order valence-electron chi connectivity index (χ1n) is 7.92. The van der Waals surface area contributed by atoms with E-state index in [-0.39, 0.29) is 5.95 Å². The standard InChI is InChI=1S/C15H17N9S/c1-9-2-4-10(5-3-9)17-14-19-12(18-13(16)20-14)8-25-15-21-22-23-24(15)11-6-7-11/h2-5,11H,6-8H2,1H3,(H3,16,17,18,19,20). The van der Waals surface area contributed by atoms with Crippen molar-refractivity contribution in [2.75, 3.05) is 11.1 Å². The van der Waals surface area contributed by atoms with Gasteiger partial charge in [0.25, 0.3) is 0 Å². The highest BCUT2D eigenvalue weighted by Gasteiger charge is 2.28. The maximum absolute atomic E-state index is 5.82. The molecule has 0 radical (unpaired) electrons. The predicted molar refractivity (Wildman–Crippen MR) is 94.4 cm³/mol. The van der Waals surface area contributed by atoms with Gasteiger partial charge in [0.05, 0.1) is 11.8 Å². The Balaban J connectivity index is 1.47. The summed E-state index contributed by atoms with van der Waals surface area (Å²) in [5.74, 6) is 1.70. The van der Waals surface area contributed by atoms with E-state index in [0.717, 1.165) is 23.7 Å². The van der Waals surface area contributed by atoms with Crippen LogP contribution in [0.25, 0.3) is 0 Å².